The molecular formula is C24H30N4O7. The minimum atomic E-state index is -2.67. The van der Waals surface area contributed by atoms with Crippen LogP contribution in [0.25, 0.3) is 5.76 Å². The Morgan fingerprint density at radius 1 is 1.23 bits per heavy atom. The molecule has 3 aliphatic rings. The van der Waals surface area contributed by atoms with Crippen molar-refractivity contribution >= 4 is 34.6 Å². The van der Waals surface area contributed by atoms with Crippen molar-refractivity contribution in [1.82, 2.24) is 4.90 Å². The molecule has 188 valence electrons. The maximum atomic E-state index is 13.8. The van der Waals surface area contributed by atoms with E-state index < -0.39 is 63.8 Å². The Morgan fingerprint density at radius 2 is 1.86 bits per heavy atom. The van der Waals surface area contributed by atoms with E-state index in [0.29, 0.717) is 11.3 Å². The lowest BCUT2D eigenvalue weighted by Crippen LogP contribution is -2.65. The normalized spacial score (nSPS) is 28.3. The topological polar surface area (TPSA) is 199 Å². The average molecular weight is 487 g/mol. The molecule has 0 radical (unpaired) electrons. The first-order chi connectivity index (χ1) is 16.2. The number of carbonyl (C=O) groups excluding carboxylic acids is 3. The van der Waals surface area contributed by atoms with Crippen LogP contribution in [0.3, 0.4) is 0 Å². The molecule has 1 fully saturated rings. The summed E-state index contributed by atoms with van der Waals surface area (Å²) in [7, 11) is 3.11. The molecule has 0 aromatic heterocycles. The fourth-order valence-electron chi connectivity index (χ4n) is 5.77. The number of nitrogens with zero attached hydrogens (tertiary/aromatic N) is 1. The molecule has 11 nitrogen and oxygen atoms in total. The second-order valence-electron chi connectivity index (χ2n) is 9.98. The molecule has 2 unspecified atom stereocenters. The number of hydrogen-bond donors (Lipinski definition) is 7. The van der Waals surface area contributed by atoms with E-state index in [1.807, 2.05) is 13.8 Å². The van der Waals surface area contributed by atoms with Gasteiger partial charge < -0.3 is 37.2 Å². The SMILES string of the molecule is CC(C)Nc1cc(N)c(O)c2c1CC1CC3[C@H](N(C)C)C(=O)C(C(N)=O)=C(O)[C@@]3(O)C(=O)C1=C2O. The molecular weight excluding hydrogens is 456 g/mol. The van der Waals surface area contributed by atoms with Crippen molar-refractivity contribution < 1.29 is 34.8 Å². The summed E-state index contributed by atoms with van der Waals surface area (Å²) in [5, 5.41) is 47.6. The van der Waals surface area contributed by atoms with Crippen molar-refractivity contribution in [3.05, 3.63) is 34.1 Å². The van der Waals surface area contributed by atoms with Gasteiger partial charge in [0.05, 0.1) is 17.3 Å². The lowest BCUT2D eigenvalue weighted by Gasteiger charge is -2.50. The highest BCUT2D eigenvalue weighted by Crippen LogP contribution is 2.54. The van der Waals surface area contributed by atoms with E-state index in [4.69, 9.17) is 11.5 Å². The lowest BCUT2D eigenvalue weighted by atomic mass is 9.57. The number of aliphatic hydroxyl groups is 3. The number of aliphatic hydroxyl groups excluding tert-OH is 2. The Balaban J connectivity index is 1.98. The van der Waals surface area contributed by atoms with Crippen LogP contribution in [0.4, 0.5) is 11.4 Å². The molecule has 0 bridgehead atoms. The van der Waals surface area contributed by atoms with Crippen LogP contribution in [0.15, 0.2) is 23.0 Å². The molecule has 0 heterocycles. The molecule has 35 heavy (non-hydrogen) atoms. The number of primary amides is 1. The van der Waals surface area contributed by atoms with Crippen LogP contribution < -0.4 is 16.8 Å². The van der Waals surface area contributed by atoms with E-state index in [1.165, 1.54) is 4.90 Å². The zero-order valence-corrected chi connectivity index (χ0v) is 19.9. The van der Waals surface area contributed by atoms with Crippen molar-refractivity contribution in [3.63, 3.8) is 0 Å². The molecule has 1 aromatic rings. The first-order valence-electron chi connectivity index (χ1n) is 11.3. The largest absolute Gasteiger partial charge is 0.508 e. The molecule has 9 N–H and O–H groups in total. The number of amides is 1. The van der Waals surface area contributed by atoms with E-state index in [1.54, 1.807) is 20.2 Å². The Labute approximate surface area is 201 Å². The van der Waals surface area contributed by atoms with Gasteiger partial charge in [0.15, 0.2) is 11.4 Å². The number of benzene rings is 1. The summed E-state index contributed by atoms with van der Waals surface area (Å²) >= 11 is 0. The summed E-state index contributed by atoms with van der Waals surface area (Å²) in [5.74, 6) is -6.99. The van der Waals surface area contributed by atoms with Gasteiger partial charge in [0, 0.05) is 23.2 Å². The number of phenols is 1. The maximum Gasteiger partial charge on any atom is 0.255 e. The van der Waals surface area contributed by atoms with Crippen molar-refractivity contribution in [3.8, 4) is 5.75 Å². The number of anilines is 2. The monoisotopic (exact) mass is 486 g/mol. The van der Waals surface area contributed by atoms with Crippen LogP contribution in [-0.4, -0.2) is 74.6 Å². The van der Waals surface area contributed by atoms with Crippen molar-refractivity contribution in [1.29, 1.82) is 0 Å². The Kier molecular flexibility index (Phi) is 5.61. The number of ketones is 2. The van der Waals surface area contributed by atoms with E-state index in [2.05, 4.69) is 5.32 Å². The molecule has 0 saturated heterocycles. The van der Waals surface area contributed by atoms with Crippen LogP contribution in [0.5, 0.6) is 5.75 Å². The van der Waals surface area contributed by atoms with Gasteiger partial charge in [-0.15, -0.1) is 0 Å². The van der Waals surface area contributed by atoms with Gasteiger partial charge in [-0.05, 0) is 58.3 Å². The summed E-state index contributed by atoms with van der Waals surface area (Å²) < 4.78 is 0. The number of nitrogens with two attached hydrogens (primary N) is 2. The van der Waals surface area contributed by atoms with Crippen LogP contribution in [0.1, 0.15) is 31.4 Å². The smallest absolute Gasteiger partial charge is 0.255 e. The van der Waals surface area contributed by atoms with Crippen LogP contribution in [-0.2, 0) is 20.8 Å². The number of rotatable bonds is 4. The van der Waals surface area contributed by atoms with Gasteiger partial charge >= 0.3 is 0 Å². The molecule has 3 aliphatic carbocycles. The number of fused-ring (bicyclic) bond motifs is 3. The van der Waals surface area contributed by atoms with Crippen LogP contribution in [0, 0.1) is 11.8 Å². The second kappa shape index (κ2) is 7.99. The molecule has 1 aromatic carbocycles. The average Bonchev–Trinajstić information content (AvgIpc) is 2.73. The minimum absolute atomic E-state index is 0.00275. The van der Waals surface area contributed by atoms with E-state index in [0.717, 1.165) is 0 Å². The van der Waals surface area contributed by atoms with Crippen molar-refractivity contribution in [2.45, 2.75) is 44.4 Å². The predicted octanol–water partition coefficient (Wildman–Crippen LogP) is 0.367. The maximum absolute atomic E-state index is 13.8. The number of Topliss-reactive ketones (excluding diaryl/α,β-unsaturated/α-hetero) is 2. The van der Waals surface area contributed by atoms with Crippen LogP contribution in [0.2, 0.25) is 0 Å². The standard InChI is InChI=1S/C24H30N4O7/c1-8(2)27-13-7-12(25)18(29)15-10(13)5-9-6-11-17(28(3)4)20(31)16(23(26)34)22(33)24(11,35)21(32)14(9)19(15)30/h7-9,11,17,27,29-30,33,35H,5-6,25H2,1-4H3,(H2,26,34)/t9?,11?,17-,24-/m0/s1. The van der Waals surface area contributed by atoms with Gasteiger partial charge in [-0.2, -0.15) is 0 Å². The van der Waals surface area contributed by atoms with Gasteiger partial charge in [-0.1, -0.05) is 0 Å². The van der Waals surface area contributed by atoms with E-state index >= 15 is 0 Å². The van der Waals surface area contributed by atoms with Gasteiger partial charge in [0.2, 0.25) is 5.78 Å². The summed E-state index contributed by atoms with van der Waals surface area (Å²) in [4.78, 5) is 40.4. The molecule has 4 atom stereocenters. The predicted molar refractivity (Wildman–Crippen MR) is 127 cm³/mol. The van der Waals surface area contributed by atoms with Crippen molar-refractivity contribution in [2.75, 3.05) is 25.1 Å². The number of carbonyl (C=O) groups is 3. The van der Waals surface area contributed by atoms with Crippen LogP contribution >= 0.6 is 0 Å². The van der Waals surface area contributed by atoms with Crippen molar-refractivity contribution in [2.24, 2.45) is 17.6 Å². The van der Waals surface area contributed by atoms with Gasteiger partial charge in [0.1, 0.15) is 22.8 Å². The number of phenolic OH excluding ortho intramolecular Hbond substituents is 1. The van der Waals surface area contributed by atoms with Gasteiger partial charge in [0.25, 0.3) is 5.91 Å². The molecule has 0 spiro atoms. The fraction of sp³-hybridized carbons (Fsp3) is 0.458. The molecule has 0 aliphatic heterocycles. The quantitative estimate of drug-likeness (QED) is 0.135. The highest BCUT2D eigenvalue weighted by Gasteiger charge is 2.64. The number of hydrogen-bond acceptors (Lipinski definition) is 10. The van der Waals surface area contributed by atoms with Gasteiger partial charge in [-0.3, -0.25) is 19.3 Å². The molecule has 1 saturated carbocycles. The summed E-state index contributed by atoms with van der Waals surface area (Å²) in [6, 6.07) is 0.422. The number of likely N-dealkylation sites (N-methyl/N-ethyl adjacent to an activating group) is 1. The Hall–Kier alpha value is -3.57. The van der Waals surface area contributed by atoms with Gasteiger partial charge in [-0.25, -0.2) is 0 Å². The highest BCUT2D eigenvalue weighted by atomic mass is 16.3. The third kappa shape index (κ3) is 3.29. The molecule has 1 amide bonds. The summed E-state index contributed by atoms with van der Waals surface area (Å²) in [6.07, 6.45) is 0.218. The summed E-state index contributed by atoms with van der Waals surface area (Å²) in [5.41, 5.74) is 8.60. The van der Waals surface area contributed by atoms with E-state index in [9.17, 15) is 34.8 Å². The zero-order chi connectivity index (χ0) is 26.1. The second-order valence-corrected chi connectivity index (χ2v) is 9.98. The molecule has 11 heteroatoms. The Morgan fingerprint density at radius 3 is 2.40 bits per heavy atom. The Bertz CT molecular complexity index is 1230. The summed E-state index contributed by atoms with van der Waals surface area (Å²) in [6.45, 7) is 3.81. The van der Waals surface area contributed by atoms with E-state index in [-0.39, 0.29) is 35.7 Å². The highest BCUT2D eigenvalue weighted by molar-refractivity contribution is 6.24. The first kappa shape index (κ1) is 24.6. The third-order valence-corrected chi connectivity index (χ3v) is 7.19. The number of nitrogen functional groups attached to an aromatic ring is 1. The zero-order valence-electron chi connectivity index (χ0n) is 19.9. The number of nitrogens with one attached hydrogen (secondary N) is 1. The first-order valence-corrected chi connectivity index (χ1v) is 11.3. The fourth-order valence-corrected chi connectivity index (χ4v) is 5.77. The lowest BCUT2D eigenvalue weighted by molar-refractivity contribution is -0.153. The minimum Gasteiger partial charge on any atom is -0.508 e. The third-order valence-electron chi connectivity index (χ3n) is 7.19. The number of aromatic hydroxyl groups is 1. The molecule has 4 rings (SSSR count).